The molecule has 0 amide bonds. The quantitative estimate of drug-likeness (QED) is 0.380. The van der Waals surface area contributed by atoms with Crippen LogP contribution in [0.3, 0.4) is 0 Å². The van der Waals surface area contributed by atoms with Gasteiger partial charge in [0, 0.05) is 23.6 Å². The largest absolute Gasteiger partial charge is 0.197 e. The highest BCUT2D eigenvalue weighted by Gasteiger charge is 2.04. The van der Waals surface area contributed by atoms with Gasteiger partial charge in [0.2, 0.25) is 0 Å². The molecule has 0 heterocycles. The summed E-state index contributed by atoms with van der Waals surface area (Å²) < 4.78 is 0. The van der Waals surface area contributed by atoms with Crippen LogP contribution >= 0.6 is 0 Å². The summed E-state index contributed by atoms with van der Waals surface area (Å²) in [5, 5.41) is 0. The summed E-state index contributed by atoms with van der Waals surface area (Å²) in [5.74, 6) is 3.18. The van der Waals surface area contributed by atoms with Crippen LogP contribution in [0.5, 0.6) is 0 Å². The van der Waals surface area contributed by atoms with Crippen molar-refractivity contribution < 1.29 is 0 Å². The zero-order valence-corrected chi connectivity index (χ0v) is 13.3. The van der Waals surface area contributed by atoms with E-state index in [1.54, 1.807) is 0 Å². The second-order valence-electron chi connectivity index (χ2n) is 5.29. The van der Waals surface area contributed by atoms with Crippen LogP contribution in [0.25, 0.3) is 0 Å². The summed E-state index contributed by atoms with van der Waals surface area (Å²) >= 11 is 0. The lowest BCUT2D eigenvalue weighted by atomic mass is 10.0. The van der Waals surface area contributed by atoms with Crippen molar-refractivity contribution in [2.24, 2.45) is 4.99 Å². The molecule has 0 atom stereocenters. The smallest absolute Gasteiger partial charge is 0.0881 e. The predicted octanol–water partition coefficient (Wildman–Crippen LogP) is 5.46. The van der Waals surface area contributed by atoms with E-state index in [1.807, 2.05) is 36.4 Å². The number of benzene rings is 2. The number of rotatable bonds is 6. The lowest BCUT2D eigenvalue weighted by Crippen LogP contribution is -2.02. The van der Waals surface area contributed by atoms with Crippen LogP contribution in [0.1, 0.15) is 50.2 Å². The maximum Gasteiger partial charge on any atom is 0.0881 e. The Balaban J connectivity index is 2.12. The zero-order valence-electron chi connectivity index (χ0n) is 13.3. The summed E-state index contributed by atoms with van der Waals surface area (Å²) in [6, 6.07) is 23.5. The molecule has 0 radical (unpaired) electrons. The average Bonchev–Trinajstić information content (AvgIpc) is 2.59. The van der Waals surface area contributed by atoms with Crippen molar-refractivity contribution in [1.82, 2.24) is 0 Å². The van der Waals surface area contributed by atoms with Gasteiger partial charge in [-0.05, 0) is 6.42 Å². The summed E-state index contributed by atoms with van der Waals surface area (Å²) in [6.45, 7) is 2.22. The first-order chi connectivity index (χ1) is 10.9. The van der Waals surface area contributed by atoms with Gasteiger partial charge in [0.25, 0.3) is 0 Å². The molecule has 0 N–H and O–H groups in total. The molecule has 112 valence electrons. The van der Waals surface area contributed by atoms with Gasteiger partial charge in [-0.1, -0.05) is 92.8 Å². The number of unbranched alkanes of at least 4 members (excludes halogenated alkanes) is 4. The molecular weight excluding hydrogens is 266 g/mol. The monoisotopic (exact) mass is 289 g/mol. The van der Waals surface area contributed by atoms with Gasteiger partial charge in [-0.2, -0.15) is 4.99 Å². The van der Waals surface area contributed by atoms with Crippen molar-refractivity contribution in [2.75, 3.05) is 0 Å². The van der Waals surface area contributed by atoms with Crippen molar-refractivity contribution in [3.63, 3.8) is 0 Å². The van der Waals surface area contributed by atoms with Crippen LogP contribution in [0, 0.1) is 12.0 Å². The van der Waals surface area contributed by atoms with Gasteiger partial charge in [-0.15, -0.1) is 0 Å². The zero-order chi connectivity index (χ0) is 15.5. The van der Waals surface area contributed by atoms with E-state index in [9.17, 15) is 0 Å². The number of hydrogen-bond donors (Lipinski definition) is 0. The maximum atomic E-state index is 4.54. The molecule has 0 unspecified atom stereocenters. The molecule has 0 aliphatic heterocycles. The fourth-order valence-electron chi connectivity index (χ4n) is 2.28. The Bertz CT molecular complexity index is 588. The molecule has 22 heavy (non-hydrogen) atoms. The Morgan fingerprint density at radius 3 is 1.95 bits per heavy atom. The van der Waals surface area contributed by atoms with Crippen LogP contribution in [0.4, 0.5) is 0 Å². The summed E-state index contributed by atoms with van der Waals surface area (Å²) in [5.41, 5.74) is 3.16. The molecule has 0 fully saturated rings. The number of aliphatic imine (C=N–C) groups is 1. The Morgan fingerprint density at radius 1 is 0.818 bits per heavy atom. The van der Waals surface area contributed by atoms with E-state index >= 15 is 0 Å². The molecule has 1 heteroatoms. The number of nitrogens with zero attached hydrogens (tertiary/aromatic N) is 1. The Kier molecular flexibility index (Phi) is 6.99. The van der Waals surface area contributed by atoms with Crippen molar-refractivity contribution in [3.8, 4) is 12.0 Å². The Labute approximate surface area is 134 Å². The third-order valence-electron chi connectivity index (χ3n) is 3.50. The topological polar surface area (TPSA) is 12.4 Å². The number of hydrogen-bond acceptors (Lipinski definition) is 1. The highest BCUT2D eigenvalue weighted by Crippen LogP contribution is 2.10. The standard InChI is InChI=1S/C21H23N/c1-2-3-4-5-6-13-18-22-21(19-14-9-7-10-15-19)20-16-11-8-12-17-20/h7-12,14-17H,2-6H2,1H3. The first-order valence-corrected chi connectivity index (χ1v) is 8.08. The first kappa shape index (κ1) is 16.0. The summed E-state index contributed by atoms with van der Waals surface area (Å²) in [6.07, 6.45) is 5.92. The van der Waals surface area contributed by atoms with Gasteiger partial charge in [-0.3, -0.25) is 0 Å². The minimum atomic E-state index is 0.931. The fourth-order valence-corrected chi connectivity index (χ4v) is 2.28. The van der Waals surface area contributed by atoms with Crippen LogP contribution in [-0.2, 0) is 0 Å². The molecule has 0 saturated carbocycles. The first-order valence-electron chi connectivity index (χ1n) is 8.08. The molecule has 0 saturated heterocycles. The Morgan fingerprint density at radius 2 is 1.41 bits per heavy atom. The SMILES string of the molecule is CCCCCCC#CN=C(c1ccccc1)c1ccccc1. The highest BCUT2D eigenvalue weighted by atomic mass is 14.7. The normalized spacial score (nSPS) is 9.68. The molecule has 1 nitrogen and oxygen atoms in total. The van der Waals surface area contributed by atoms with Crippen molar-refractivity contribution in [1.29, 1.82) is 0 Å². The van der Waals surface area contributed by atoms with Gasteiger partial charge >= 0.3 is 0 Å². The molecule has 0 bridgehead atoms. The summed E-state index contributed by atoms with van der Waals surface area (Å²) in [4.78, 5) is 4.54. The predicted molar refractivity (Wildman–Crippen MR) is 95.1 cm³/mol. The van der Waals surface area contributed by atoms with E-state index in [1.165, 1.54) is 25.7 Å². The van der Waals surface area contributed by atoms with E-state index < -0.39 is 0 Å². The van der Waals surface area contributed by atoms with Crippen LogP contribution in [-0.4, -0.2) is 5.71 Å². The van der Waals surface area contributed by atoms with Gasteiger partial charge < -0.3 is 0 Å². The van der Waals surface area contributed by atoms with E-state index in [2.05, 4.69) is 48.1 Å². The highest BCUT2D eigenvalue weighted by molar-refractivity contribution is 6.13. The van der Waals surface area contributed by atoms with Gasteiger partial charge in [0.15, 0.2) is 0 Å². The van der Waals surface area contributed by atoms with E-state index in [-0.39, 0.29) is 0 Å². The van der Waals surface area contributed by atoms with Crippen molar-refractivity contribution in [3.05, 3.63) is 71.8 Å². The van der Waals surface area contributed by atoms with Gasteiger partial charge in [0.1, 0.15) is 0 Å². The van der Waals surface area contributed by atoms with Crippen LogP contribution < -0.4 is 0 Å². The second-order valence-corrected chi connectivity index (χ2v) is 5.29. The third-order valence-corrected chi connectivity index (χ3v) is 3.50. The molecule has 0 aromatic heterocycles. The van der Waals surface area contributed by atoms with Crippen LogP contribution in [0.15, 0.2) is 65.7 Å². The molecule has 0 aliphatic carbocycles. The van der Waals surface area contributed by atoms with Gasteiger partial charge in [0.05, 0.1) is 5.71 Å². The second kappa shape index (κ2) is 9.58. The third kappa shape index (κ3) is 5.22. The lowest BCUT2D eigenvalue weighted by Gasteiger charge is -2.04. The minimum absolute atomic E-state index is 0.931. The Hall–Kier alpha value is -2.33. The molecule has 2 aromatic rings. The molecule has 2 aromatic carbocycles. The molecular formula is C21H23N. The molecule has 2 rings (SSSR count). The van der Waals surface area contributed by atoms with E-state index in [4.69, 9.17) is 0 Å². The summed E-state index contributed by atoms with van der Waals surface area (Å²) in [7, 11) is 0. The molecule has 0 aliphatic rings. The fraction of sp³-hybridized carbons (Fsp3) is 0.286. The van der Waals surface area contributed by atoms with E-state index in [0.717, 1.165) is 23.3 Å². The maximum absolute atomic E-state index is 4.54. The minimum Gasteiger partial charge on any atom is -0.197 e. The lowest BCUT2D eigenvalue weighted by molar-refractivity contribution is 0.679. The average molecular weight is 289 g/mol. The van der Waals surface area contributed by atoms with E-state index in [0.29, 0.717) is 0 Å². The van der Waals surface area contributed by atoms with Crippen molar-refractivity contribution >= 4 is 5.71 Å². The van der Waals surface area contributed by atoms with Gasteiger partial charge in [-0.25, -0.2) is 0 Å². The van der Waals surface area contributed by atoms with Crippen LogP contribution in [0.2, 0.25) is 0 Å². The molecule has 0 spiro atoms. The van der Waals surface area contributed by atoms with Crippen molar-refractivity contribution in [2.45, 2.75) is 39.0 Å².